The standard InChI is InChI=1S/C40H35N5O9S/c1-24-17-25(2)19-28(18-24)38(48)44(23-46)34(20-26-11-13-27(14-12-26)35-15-16-43-54-35)39(49)45(55(52,53)36-10-6-4-8-31(36)40(50)51)33(37(41)47)21-29-22-42-32-9-5-3-7-30(29)32/h3-19,22-23,33-34,42H,20-21H2,1-2H3,(H2,41,47)(H,50,51)/t33-,34-/m0/s1. The number of amides is 4. The summed E-state index contributed by atoms with van der Waals surface area (Å²) in [6.45, 7) is 3.48. The van der Waals surface area contributed by atoms with Gasteiger partial charge < -0.3 is 20.3 Å². The summed E-state index contributed by atoms with van der Waals surface area (Å²) in [5.74, 6) is -4.73. The van der Waals surface area contributed by atoms with E-state index in [0.717, 1.165) is 12.1 Å². The molecule has 2 aromatic heterocycles. The molecule has 0 saturated heterocycles. The van der Waals surface area contributed by atoms with Crippen LogP contribution in [0.1, 0.15) is 43.0 Å². The van der Waals surface area contributed by atoms with Gasteiger partial charge in [0, 0.05) is 47.1 Å². The number of benzene rings is 4. The van der Waals surface area contributed by atoms with Crippen LogP contribution in [-0.2, 0) is 37.2 Å². The van der Waals surface area contributed by atoms with Crippen molar-refractivity contribution in [1.82, 2.24) is 19.3 Å². The molecule has 0 aliphatic carbocycles. The number of nitrogens with two attached hydrogens (primary N) is 1. The van der Waals surface area contributed by atoms with Gasteiger partial charge in [0.05, 0.1) is 11.8 Å². The van der Waals surface area contributed by atoms with E-state index in [1.54, 1.807) is 74.5 Å². The Kier molecular flexibility index (Phi) is 10.8. The van der Waals surface area contributed by atoms with E-state index in [2.05, 4.69) is 10.1 Å². The van der Waals surface area contributed by atoms with Crippen molar-refractivity contribution in [3.8, 4) is 11.3 Å². The highest BCUT2D eigenvalue weighted by atomic mass is 32.2. The number of aromatic amines is 1. The average Bonchev–Trinajstić information content (AvgIpc) is 3.85. The highest BCUT2D eigenvalue weighted by Crippen LogP contribution is 2.29. The predicted octanol–water partition coefficient (Wildman–Crippen LogP) is 4.66. The number of nitrogens with zero attached hydrogens (tertiary/aromatic N) is 3. The Morgan fingerprint density at radius 3 is 2.20 bits per heavy atom. The Hall–Kier alpha value is -6.87. The zero-order valence-electron chi connectivity index (χ0n) is 29.6. The summed E-state index contributed by atoms with van der Waals surface area (Å²) in [6.07, 6.45) is 2.26. The maximum Gasteiger partial charge on any atom is 0.337 e. The van der Waals surface area contributed by atoms with Crippen LogP contribution in [0, 0.1) is 13.8 Å². The number of aryl methyl sites for hydroxylation is 2. The van der Waals surface area contributed by atoms with Crippen molar-refractivity contribution in [3.05, 3.63) is 143 Å². The number of nitrogens with one attached hydrogen (secondary N) is 1. The van der Waals surface area contributed by atoms with E-state index in [1.165, 1.54) is 36.7 Å². The molecule has 6 rings (SSSR count). The molecule has 0 bridgehead atoms. The lowest BCUT2D eigenvalue weighted by atomic mass is 9.99. The van der Waals surface area contributed by atoms with Crippen LogP contribution in [0.5, 0.6) is 0 Å². The number of hydrogen-bond donors (Lipinski definition) is 3. The molecule has 2 heterocycles. The molecule has 280 valence electrons. The average molecular weight is 762 g/mol. The van der Waals surface area contributed by atoms with Gasteiger partial charge in [-0.2, -0.15) is 0 Å². The third-order valence-electron chi connectivity index (χ3n) is 9.11. The van der Waals surface area contributed by atoms with Crippen LogP contribution in [0.25, 0.3) is 22.2 Å². The monoisotopic (exact) mass is 761 g/mol. The molecule has 0 unspecified atom stereocenters. The molecule has 55 heavy (non-hydrogen) atoms. The molecule has 0 fully saturated rings. The smallest absolute Gasteiger partial charge is 0.337 e. The van der Waals surface area contributed by atoms with Gasteiger partial charge in [0.1, 0.15) is 17.0 Å². The lowest BCUT2D eigenvalue weighted by Crippen LogP contribution is -2.59. The van der Waals surface area contributed by atoms with E-state index in [0.29, 0.717) is 49.4 Å². The lowest BCUT2D eigenvalue weighted by molar-refractivity contribution is -0.139. The van der Waals surface area contributed by atoms with Crippen molar-refractivity contribution < 1.29 is 42.0 Å². The fourth-order valence-electron chi connectivity index (χ4n) is 6.58. The maximum absolute atomic E-state index is 15.2. The molecule has 0 aliphatic rings. The highest BCUT2D eigenvalue weighted by Gasteiger charge is 2.46. The van der Waals surface area contributed by atoms with Crippen LogP contribution >= 0.6 is 0 Å². The van der Waals surface area contributed by atoms with Crippen molar-refractivity contribution in [3.63, 3.8) is 0 Å². The van der Waals surface area contributed by atoms with E-state index >= 15 is 4.79 Å². The van der Waals surface area contributed by atoms with Gasteiger partial charge >= 0.3 is 5.97 Å². The normalized spacial score (nSPS) is 12.5. The van der Waals surface area contributed by atoms with Gasteiger partial charge in [-0.1, -0.05) is 76.9 Å². The van der Waals surface area contributed by atoms with Crippen molar-refractivity contribution in [2.24, 2.45) is 5.73 Å². The summed E-state index contributed by atoms with van der Waals surface area (Å²) in [6, 6.07) is 20.7. The number of carbonyl (C=O) groups excluding carboxylic acids is 4. The summed E-state index contributed by atoms with van der Waals surface area (Å²) in [4.78, 5) is 71.1. The Morgan fingerprint density at radius 2 is 1.56 bits per heavy atom. The first kappa shape index (κ1) is 37.9. The molecule has 4 N–H and O–H groups in total. The summed E-state index contributed by atoms with van der Waals surface area (Å²) < 4.78 is 35.1. The first-order valence-corrected chi connectivity index (χ1v) is 18.3. The molecule has 2 atom stereocenters. The SMILES string of the molecule is Cc1cc(C)cc(C(=O)N(C=O)[C@@H](Cc2ccc(-c3ccno3)cc2)C(=O)N([C@@H](Cc2c[nH]c3ccccc23)C(N)=O)S(=O)(=O)c2ccccc2C(=O)O)c1. The number of primary amides is 1. The minimum atomic E-state index is -5.28. The van der Waals surface area contributed by atoms with Crippen molar-refractivity contribution in [2.45, 2.75) is 43.7 Å². The number of carbonyl (C=O) groups is 5. The summed E-state index contributed by atoms with van der Waals surface area (Å²) in [5.41, 5.74) is 8.71. The third kappa shape index (κ3) is 7.77. The minimum Gasteiger partial charge on any atom is -0.478 e. The van der Waals surface area contributed by atoms with Gasteiger partial charge in [-0.3, -0.25) is 24.1 Å². The van der Waals surface area contributed by atoms with Crippen molar-refractivity contribution in [1.29, 1.82) is 0 Å². The first-order chi connectivity index (χ1) is 26.3. The molecule has 0 saturated carbocycles. The van der Waals surface area contributed by atoms with E-state index < -0.39 is 69.1 Å². The largest absolute Gasteiger partial charge is 0.478 e. The summed E-state index contributed by atoms with van der Waals surface area (Å²) in [5, 5.41) is 14.3. The zero-order chi connectivity index (χ0) is 39.4. The number of para-hydroxylation sites is 1. The Bertz CT molecular complexity index is 2510. The van der Waals surface area contributed by atoms with Crippen LogP contribution in [-0.4, -0.2) is 75.1 Å². The fraction of sp³-hybridized carbons (Fsp3) is 0.150. The van der Waals surface area contributed by atoms with Crippen LogP contribution in [0.15, 0.2) is 119 Å². The molecule has 0 radical (unpaired) electrons. The van der Waals surface area contributed by atoms with Crippen LogP contribution < -0.4 is 5.73 Å². The number of aromatic carboxylic acids is 1. The number of fused-ring (bicyclic) bond motifs is 1. The van der Waals surface area contributed by atoms with E-state index in [-0.39, 0.29) is 16.3 Å². The Morgan fingerprint density at radius 1 is 0.891 bits per heavy atom. The quantitative estimate of drug-likeness (QED) is 0.131. The van der Waals surface area contributed by atoms with Crippen LogP contribution in [0.2, 0.25) is 0 Å². The second-order valence-corrected chi connectivity index (χ2v) is 14.7. The summed E-state index contributed by atoms with van der Waals surface area (Å²) in [7, 11) is -5.28. The van der Waals surface area contributed by atoms with Crippen molar-refractivity contribution >= 4 is 51.0 Å². The number of carboxylic acids is 1. The molecule has 6 aromatic rings. The molecule has 15 heteroatoms. The first-order valence-electron chi connectivity index (χ1n) is 16.9. The number of hydrogen-bond acceptors (Lipinski definition) is 9. The molecular formula is C40H35N5O9S. The number of H-pyrrole nitrogens is 1. The number of aromatic nitrogens is 2. The fourth-order valence-corrected chi connectivity index (χ4v) is 8.34. The summed E-state index contributed by atoms with van der Waals surface area (Å²) >= 11 is 0. The highest BCUT2D eigenvalue weighted by molar-refractivity contribution is 7.89. The van der Waals surface area contributed by atoms with E-state index in [1.807, 2.05) is 0 Å². The van der Waals surface area contributed by atoms with E-state index in [4.69, 9.17) is 10.3 Å². The number of rotatable bonds is 14. The molecule has 0 spiro atoms. The molecule has 0 aliphatic heterocycles. The predicted molar refractivity (Wildman–Crippen MR) is 200 cm³/mol. The number of sulfonamides is 1. The van der Waals surface area contributed by atoms with Crippen molar-refractivity contribution in [2.75, 3.05) is 0 Å². The molecule has 4 amide bonds. The van der Waals surface area contributed by atoms with Gasteiger partial charge in [0.15, 0.2) is 5.76 Å². The van der Waals surface area contributed by atoms with Gasteiger partial charge in [-0.05, 0) is 55.3 Å². The Balaban J connectivity index is 1.54. The van der Waals surface area contributed by atoms with E-state index in [9.17, 15) is 32.7 Å². The van der Waals surface area contributed by atoms with Gasteiger partial charge in [0.25, 0.3) is 21.8 Å². The lowest BCUT2D eigenvalue weighted by Gasteiger charge is -2.35. The van der Waals surface area contributed by atoms with Gasteiger partial charge in [-0.25, -0.2) is 17.5 Å². The topological polar surface area (TPSA) is 214 Å². The third-order valence-corrected chi connectivity index (χ3v) is 11.0. The second kappa shape index (κ2) is 15.6. The zero-order valence-corrected chi connectivity index (χ0v) is 30.4. The molecule has 14 nitrogen and oxygen atoms in total. The van der Waals surface area contributed by atoms with Gasteiger partial charge in [-0.15, -0.1) is 0 Å². The molecular weight excluding hydrogens is 727 g/mol. The van der Waals surface area contributed by atoms with Gasteiger partial charge in [0.2, 0.25) is 12.3 Å². The minimum absolute atomic E-state index is 0.0407. The molecule has 4 aromatic carbocycles. The number of carboxylic acid groups (broad SMARTS) is 1. The number of imide groups is 1. The Labute approximate surface area is 315 Å². The van der Waals surface area contributed by atoms with Crippen LogP contribution in [0.4, 0.5) is 0 Å². The second-order valence-electron chi connectivity index (χ2n) is 12.9. The maximum atomic E-state index is 15.2. The van der Waals surface area contributed by atoms with Crippen LogP contribution in [0.3, 0.4) is 0 Å².